The molecule has 2 amide bonds. The predicted molar refractivity (Wildman–Crippen MR) is 119 cm³/mol. The van der Waals surface area contributed by atoms with E-state index in [1.165, 1.54) is 0 Å². The number of carbonyl (C=O) groups is 3. The molecule has 1 fully saturated rings. The molecule has 186 valence electrons. The van der Waals surface area contributed by atoms with Gasteiger partial charge in [0.1, 0.15) is 6.04 Å². The molecule has 0 aromatic rings. The van der Waals surface area contributed by atoms with Gasteiger partial charge >= 0.3 is 25.6 Å². The number of amides is 2. The van der Waals surface area contributed by atoms with E-state index >= 15 is 0 Å². The highest BCUT2D eigenvalue weighted by atomic mass is 31.2. The Kier molecular flexibility index (Phi) is 12.0. The van der Waals surface area contributed by atoms with Gasteiger partial charge in [0.15, 0.2) is 6.10 Å². The maximum atomic E-state index is 13.4. The van der Waals surface area contributed by atoms with Crippen LogP contribution < -0.4 is 5.73 Å². The van der Waals surface area contributed by atoms with Crippen LogP contribution in [0.1, 0.15) is 85.0 Å². The molecule has 1 aliphatic heterocycles. The van der Waals surface area contributed by atoms with Gasteiger partial charge in [-0.3, -0.25) is 13.9 Å². The molecule has 1 heterocycles. The zero-order chi connectivity index (χ0) is 24.4. The highest BCUT2D eigenvalue weighted by molar-refractivity contribution is 7.53. The van der Waals surface area contributed by atoms with Crippen LogP contribution in [-0.4, -0.2) is 63.5 Å². The van der Waals surface area contributed by atoms with Gasteiger partial charge in [-0.2, -0.15) is 9.28 Å². The molecule has 0 radical (unpaired) electrons. The molecule has 0 aromatic carbocycles. The van der Waals surface area contributed by atoms with Crippen LogP contribution in [0, 0.1) is 0 Å². The summed E-state index contributed by atoms with van der Waals surface area (Å²) < 4.78 is 23.1. The summed E-state index contributed by atoms with van der Waals surface area (Å²) in [5.41, 5.74) is 5.54. The van der Waals surface area contributed by atoms with Gasteiger partial charge < -0.3 is 20.5 Å². The Morgan fingerprint density at radius 1 is 1.16 bits per heavy atom. The predicted octanol–water partition coefficient (Wildman–Crippen LogP) is 3.75. The molecule has 4 N–H and O–H groups in total. The number of nitrogens with zero attached hydrogens (tertiary/aromatic N) is 1. The van der Waals surface area contributed by atoms with Crippen molar-refractivity contribution in [2.24, 2.45) is 5.73 Å². The first-order valence-electron chi connectivity index (χ1n) is 11.6. The molecule has 1 saturated heterocycles. The summed E-state index contributed by atoms with van der Waals surface area (Å²) in [6, 6.07) is -0.475. The maximum Gasteiger partial charge on any atom is 0.521 e. The van der Waals surface area contributed by atoms with E-state index in [2.05, 4.69) is 0 Å². The summed E-state index contributed by atoms with van der Waals surface area (Å²) in [5.74, 6) is -2.76. The van der Waals surface area contributed by atoms with Gasteiger partial charge in [-0.25, -0.2) is 4.79 Å². The maximum absolute atomic E-state index is 13.4. The highest BCUT2D eigenvalue weighted by Gasteiger charge is 2.56. The summed E-state index contributed by atoms with van der Waals surface area (Å²) in [4.78, 5) is 48.4. The van der Waals surface area contributed by atoms with Gasteiger partial charge in [0.05, 0.1) is 6.54 Å². The molecule has 0 saturated carbocycles. The number of carboxylic acid groups (broad SMARTS) is 1. The quantitative estimate of drug-likeness (QED) is 0.146. The van der Waals surface area contributed by atoms with Gasteiger partial charge in [0.25, 0.3) is 0 Å². The number of quaternary nitrogens is 1. The van der Waals surface area contributed by atoms with E-state index in [1.54, 1.807) is 13.8 Å². The Labute approximate surface area is 190 Å². The van der Waals surface area contributed by atoms with Crippen LogP contribution in [0.25, 0.3) is 0 Å². The summed E-state index contributed by atoms with van der Waals surface area (Å²) in [6.45, 7) is 5.83. The Morgan fingerprint density at radius 2 is 1.84 bits per heavy atom. The van der Waals surface area contributed by atoms with Gasteiger partial charge in [-0.05, 0) is 52.0 Å². The lowest BCUT2D eigenvalue weighted by atomic mass is 10.1. The Hall–Kier alpha value is -1.32. The lowest BCUT2D eigenvalue weighted by Crippen LogP contribution is -2.62. The third-order valence-electron chi connectivity index (χ3n) is 5.98. The number of esters is 1. The molecule has 11 heteroatoms. The van der Waals surface area contributed by atoms with Crippen molar-refractivity contribution in [3.63, 3.8) is 0 Å². The third-order valence-corrected chi connectivity index (χ3v) is 7.63. The lowest BCUT2D eigenvalue weighted by molar-refractivity contribution is -0.794. The van der Waals surface area contributed by atoms with E-state index in [-0.39, 0.29) is 25.8 Å². The fourth-order valence-electron chi connectivity index (χ4n) is 4.07. The van der Waals surface area contributed by atoms with Crippen molar-refractivity contribution in [3.8, 4) is 0 Å². The van der Waals surface area contributed by atoms with Crippen LogP contribution in [0.15, 0.2) is 0 Å². The number of imide groups is 1. The van der Waals surface area contributed by atoms with E-state index in [0.29, 0.717) is 51.5 Å². The van der Waals surface area contributed by atoms with Crippen molar-refractivity contribution < 1.29 is 42.7 Å². The molecule has 0 aliphatic carbocycles. The average molecular weight is 480 g/mol. The minimum Gasteiger partial charge on any atom is -0.449 e. The number of hydrogen-bond acceptors (Lipinski definition) is 7. The average Bonchev–Trinajstić information content (AvgIpc) is 3.12. The SMILES string of the molecule is CCCC[C@@H](OC(=O)CCC)P(=O)(O)OC(CCCCN)C(=O)[N+]1(C(=O)O)CCC[C@H]1C. The van der Waals surface area contributed by atoms with Gasteiger partial charge in [0, 0.05) is 19.3 Å². The first-order chi connectivity index (χ1) is 15.1. The zero-order valence-corrected chi connectivity index (χ0v) is 20.4. The fourth-order valence-corrected chi connectivity index (χ4v) is 5.52. The van der Waals surface area contributed by atoms with Gasteiger partial charge in [0.2, 0.25) is 5.85 Å². The zero-order valence-electron chi connectivity index (χ0n) is 19.5. The van der Waals surface area contributed by atoms with Crippen molar-refractivity contribution in [1.29, 1.82) is 0 Å². The number of likely N-dealkylation sites (tertiary alicyclic amines) is 1. The number of unbranched alkanes of at least 4 members (excludes halogenated alkanes) is 2. The Balaban J connectivity index is 3.20. The molecule has 32 heavy (non-hydrogen) atoms. The van der Waals surface area contributed by atoms with E-state index < -0.39 is 48.0 Å². The van der Waals surface area contributed by atoms with Gasteiger partial charge in [-0.15, -0.1) is 0 Å². The van der Waals surface area contributed by atoms with Gasteiger partial charge in [-0.1, -0.05) is 20.3 Å². The van der Waals surface area contributed by atoms with Crippen LogP contribution >= 0.6 is 7.60 Å². The number of rotatable bonds is 14. The molecule has 0 spiro atoms. The van der Waals surface area contributed by atoms with Crippen LogP contribution in [0.3, 0.4) is 0 Å². The molecule has 1 rings (SSSR count). The molecule has 3 unspecified atom stereocenters. The fraction of sp³-hybridized carbons (Fsp3) is 0.857. The second-order valence-corrected chi connectivity index (χ2v) is 10.4. The number of carbonyl (C=O) groups excluding carboxylic acids is 2. The molecule has 1 aliphatic rings. The normalized spacial score (nSPS) is 24.5. The number of nitrogens with two attached hydrogens (primary N) is 1. The summed E-state index contributed by atoms with van der Waals surface area (Å²) in [5, 5.41) is 9.90. The van der Waals surface area contributed by atoms with Crippen molar-refractivity contribution >= 4 is 25.6 Å². The van der Waals surface area contributed by atoms with Crippen molar-refractivity contribution in [2.45, 2.75) is 103 Å². The molecular formula is C21H40N2O8P+. The van der Waals surface area contributed by atoms with Crippen molar-refractivity contribution in [1.82, 2.24) is 0 Å². The van der Waals surface area contributed by atoms with E-state index in [9.17, 15) is 28.9 Å². The van der Waals surface area contributed by atoms with Crippen LogP contribution in [0.4, 0.5) is 4.79 Å². The smallest absolute Gasteiger partial charge is 0.449 e. The minimum absolute atomic E-state index is 0.0595. The minimum atomic E-state index is -4.59. The molecule has 5 atom stereocenters. The van der Waals surface area contributed by atoms with Crippen LogP contribution in [-0.2, 0) is 23.4 Å². The summed E-state index contributed by atoms with van der Waals surface area (Å²) in [6.07, 6.45) is 1.39. The standard InChI is InChI=1S/C21H39N2O8P/c1-4-6-13-19(30-18(24)10-5-2)32(28,29)31-17(12-7-8-14-22)20(25)23(21(26)27)15-9-11-16(23)3/h16-17,19H,4-15,22H2,1-3H3,(H-,26,27,28,29)/p+1/t16-,17?,19+,23?/m1/s1. The second-order valence-electron chi connectivity index (χ2n) is 8.48. The summed E-state index contributed by atoms with van der Waals surface area (Å²) in [7, 11) is -4.59. The second kappa shape index (κ2) is 13.4. The largest absolute Gasteiger partial charge is 0.521 e. The van der Waals surface area contributed by atoms with Crippen LogP contribution in [0.5, 0.6) is 0 Å². The third kappa shape index (κ3) is 7.35. The molecular weight excluding hydrogens is 439 g/mol. The van der Waals surface area contributed by atoms with Crippen molar-refractivity contribution in [3.05, 3.63) is 0 Å². The molecule has 0 aromatic heterocycles. The molecule has 10 nitrogen and oxygen atoms in total. The highest BCUT2D eigenvalue weighted by Crippen LogP contribution is 2.52. The van der Waals surface area contributed by atoms with Crippen LogP contribution in [0.2, 0.25) is 0 Å². The number of ether oxygens (including phenoxy) is 1. The van der Waals surface area contributed by atoms with E-state index in [4.69, 9.17) is 15.0 Å². The van der Waals surface area contributed by atoms with Crippen molar-refractivity contribution in [2.75, 3.05) is 13.1 Å². The first kappa shape index (κ1) is 28.7. The number of hydrogen-bond donors (Lipinski definition) is 3. The lowest BCUT2D eigenvalue weighted by Gasteiger charge is -2.34. The first-order valence-corrected chi connectivity index (χ1v) is 13.3. The van der Waals surface area contributed by atoms with E-state index in [0.717, 1.165) is 0 Å². The topological polar surface area (TPSA) is 153 Å². The Bertz CT molecular complexity index is 689. The van der Waals surface area contributed by atoms with E-state index in [1.807, 2.05) is 6.92 Å². The summed E-state index contributed by atoms with van der Waals surface area (Å²) >= 11 is 0. The Morgan fingerprint density at radius 3 is 2.34 bits per heavy atom. The monoisotopic (exact) mass is 479 g/mol. The molecule has 0 bridgehead atoms.